The van der Waals surface area contributed by atoms with Gasteiger partial charge in [-0.15, -0.1) is 0 Å². The van der Waals surface area contributed by atoms with Crippen LogP contribution in [0.4, 0.5) is 5.69 Å². The van der Waals surface area contributed by atoms with Crippen LogP contribution in [0.5, 0.6) is 0 Å². The number of aliphatic carboxylic acids is 1. The Balaban J connectivity index is 0.00000338. The van der Waals surface area contributed by atoms with Gasteiger partial charge in [-0.3, -0.25) is 4.79 Å². The first kappa shape index (κ1) is 23.6. The number of nitrogens with one attached hydrogen (secondary N) is 1. The van der Waals surface area contributed by atoms with Gasteiger partial charge in [0.1, 0.15) is 0 Å². The fourth-order valence-electron chi connectivity index (χ4n) is 2.28. The number of carboxylic acids is 1. The van der Waals surface area contributed by atoms with Crippen LogP contribution in [0, 0.1) is 0 Å². The molecule has 1 atom stereocenters. The van der Waals surface area contributed by atoms with Crippen molar-refractivity contribution in [1.29, 1.82) is 0 Å². The zero-order valence-corrected chi connectivity index (χ0v) is 18.9. The summed E-state index contributed by atoms with van der Waals surface area (Å²) in [6.45, 7) is 1.38. The monoisotopic (exact) mass is 441 g/mol. The molecule has 9 heteroatoms. The number of hydrogen-bond acceptors (Lipinski definition) is 3. The maximum atomic E-state index is 12.3. The molecule has 4 nitrogen and oxygen atoms in total. The molecule has 26 heavy (non-hydrogen) atoms. The molecule has 0 aliphatic heterocycles. The van der Waals surface area contributed by atoms with Gasteiger partial charge in [-0.05, 0) is 42.8 Å². The molecular formula is C17H12Cl4NNaO3. The van der Waals surface area contributed by atoms with E-state index in [4.69, 9.17) is 46.4 Å². The normalized spacial score (nSPS) is 12.7. The van der Waals surface area contributed by atoms with Crippen LogP contribution < -0.4 is 40.0 Å². The Labute approximate surface area is 193 Å². The standard InChI is InChI=1S/C17H13Cl4NO3.Na/c1-17(16(24)25,9-2-3-13(20)14(21)4-9)8-15(23)22-12-6-10(18)5-11(19)7-12;/h2-7H,8H2,1H3,(H,22,23)(H,24,25);/q;+1/p-1. The van der Waals surface area contributed by atoms with E-state index < -0.39 is 17.3 Å². The number of carbonyl (C=O) groups is 2. The molecule has 0 fully saturated rings. The second kappa shape index (κ2) is 9.65. The van der Waals surface area contributed by atoms with Gasteiger partial charge in [-0.1, -0.05) is 52.5 Å². The van der Waals surface area contributed by atoms with Crippen molar-refractivity contribution in [3.8, 4) is 0 Å². The molecule has 0 bridgehead atoms. The van der Waals surface area contributed by atoms with Gasteiger partial charge in [0.05, 0.1) is 16.0 Å². The first-order valence-electron chi connectivity index (χ1n) is 7.05. The molecule has 1 unspecified atom stereocenters. The van der Waals surface area contributed by atoms with Crippen molar-refractivity contribution in [3.05, 3.63) is 62.1 Å². The predicted octanol–water partition coefficient (Wildman–Crippen LogP) is 1.34. The Morgan fingerprint density at radius 1 is 1.00 bits per heavy atom. The average Bonchev–Trinajstić information content (AvgIpc) is 2.48. The fourth-order valence-corrected chi connectivity index (χ4v) is 3.11. The molecule has 0 saturated heterocycles. The third kappa shape index (κ3) is 5.77. The Hall–Kier alpha value is -0.460. The number of rotatable bonds is 5. The number of amides is 1. The van der Waals surface area contributed by atoms with Crippen molar-refractivity contribution < 1.29 is 44.3 Å². The molecule has 2 aromatic rings. The second-order valence-electron chi connectivity index (χ2n) is 5.63. The van der Waals surface area contributed by atoms with E-state index in [2.05, 4.69) is 5.32 Å². The molecular weight excluding hydrogens is 431 g/mol. The van der Waals surface area contributed by atoms with Crippen LogP contribution in [0.1, 0.15) is 18.9 Å². The van der Waals surface area contributed by atoms with Crippen LogP contribution in [-0.4, -0.2) is 11.9 Å². The van der Waals surface area contributed by atoms with Crippen molar-refractivity contribution in [2.24, 2.45) is 0 Å². The van der Waals surface area contributed by atoms with E-state index in [1.54, 1.807) is 0 Å². The van der Waals surface area contributed by atoms with Crippen molar-refractivity contribution in [2.75, 3.05) is 5.32 Å². The van der Waals surface area contributed by atoms with Crippen LogP contribution in [-0.2, 0) is 15.0 Å². The van der Waals surface area contributed by atoms with Gasteiger partial charge in [0, 0.05) is 27.6 Å². The molecule has 132 valence electrons. The largest absolute Gasteiger partial charge is 1.00 e. The molecule has 0 aliphatic rings. The minimum atomic E-state index is -1.60. The van der Waals surface area contributed by atoms with Crippen LogP contribution in [0.15, 0.2) is 36.4 Å². The molecule has 1 amide bonds. The summed E-state index contributed by atoms with van der Waals surface area (Å²) in [5.74, 6) is -1.96. The van der Waals surface area contributed by atoms with Crippen molar-refractivity contribution in [1.82, 2.24) is 0 Å². The number of carbonyl (C=O) groups excluding carboxylic acids is 2. The van der Waals surface area contributed by atoms with Crippen LogP contribution >= 0.6 is 46.4 Å². The maximum absolute atomic E-state index is 12.3. The number of carboxylic acid groups (broad SMARTS) is 1. The number of benzene rings is 2. The van der Waals surface area contributed by atoms with Crippen molar-refractivity contribution in [2.45, 2.75) is 18.8 Å². The first-order valence-corrected chi connectivity index (χ1v) is 8.56. The van der Waals surface area contributed by atoms with Gasteiger partial charge in [-0.25, -0.2) is 0 Å². The SMILES string of the molecule is CC(CC(=O)Nc1cc(Cl)cc(Cl)c1)(C(=O)[O-])c1ccc(Cl)c(Cl)c1.[Na+]. The summed E-state index contributed by atoms with van der Waals surface area (Å²) in [6.07, 6.45) is -0.378. The molecule has 2 rings (SSSR count). The minimum Gasteiger partial charge on any atom is -0.549 e. The Bertz CT molecular complexity index is 827. The van der Waals surface area contributed by atoms with E-state index in [-0.39, 0.29) is 46.0 Å². The Kier molecular flexibility index (Phi) is 8.75. The summed E-state index contributed by atoms with van der Waals surface area (Å²) in [5, 5.41) is 15.4. The molecule has 2 aromatic carbocycles. The maximum Gasteiger partial charge on any atom is 1.00 e. The van der Waals surface area contributed by atoms with Crippen LogP contribution in [0.3, 0.4) is 0 Å². The van der Waals surface area contributed by atoms with Crippen LogP contribution in [0.25, 0.3) is 0 Å². The average molecular weight is 443 g/mol. The van der Waals surface area contributed by atoms with Crippen LogP contribution in [0.2, 0.25) is 20.1 Å². The minimum absolute atomic E-state index is 0. The van der Waals surface area contributed by atoms with E-state index in [1.165, 1.54) is 43.3 Å². The van der Waals surface area contributed by atoms with E-state index in [1.807, 2.05) is 0 Å². The smallest absolute Gasteiger partial charge is 0.549 e. The zero-order chi connectivity index (χ0) is 18.8. The van der Waals surface area contributed by atoms with Gasteiger partial charge in [0.2, 0.25) is 5.91 Å². The molecule has 0 aliphatic carbocycles. The zero-order valence-electron chi connectivity index (χ0n) is 13.9. The third-order valence-electron chi connectivity index (χ3n) is 3.67. The molecule has 1 N–H and O–H groups in total. The van der Waals surface area contributed by atoms with E-state index in [0.717, 1.165) is 0 Å². The quantitative estimate of drug-likeness (QED) is 0.710. The van der Waals surface area contributed by atoms with Gasteiger partial charge >= 0.3 is 29.6 Å². The summed E-state index contributed by atoms with van der Waals surface area (Å²) >= 11 is 23.6. The number of halogens is 4. The first-order chi connectivity index (χ1) is 11.6. The third-order valence-corrected chi connectivity index (χ3v) is 4.84. The summed E-state index contributed by atoms with van der Waals surface area (Å²) < 4.78 is 0. The number of hydrogen-bond donors (Lipinski definition) is 1. The molecule has 0 spiro atoms. The second-order valence-corrected chi connectivity index (χ2v) is 7.32. The van der Waals surface area contributed by atoms with Gasteiger partial charge in [0.25, 0.3) is 0 Å². The number of anilines is 1. The van der Waals surface area contributed by atoms with Crippen molar-refractivity contribution in [3.63, 3.8) is 0 Å². The Morgan fingerprint density at radius 3 is 2.08 bits per heavy atom. The van der Waals surface area contributed by atoms with Gasteiger partial charge in [0.15, 0.2) is 0 Å². The van der Waals surface area contributed by atoms with Gasteiger partial charge < -0.3 is 15.2 Å². The molecule has 0 radical (unpaired) electrons. The molecule has 0 aromatic heterocycles. The summed E-state index contributed by atoms with van der Waals surface area (Å²) in [6, 6.07) is 8.88. The van der Waals surface area contributed by atoms with E-state index >= 15 is 0 Å². The van der Waals surface area contributed by atoms with E-state index in [9.17, 15) is 14.7 Å². The van der Waals surface area contributed by atoms with E-state index in [0.29, 0.717) is 21.3 Å². The van der Waals surface area contributed by atoms with Crippen molar-refractivity contribution >= 4 is 64.0 Å². The molecule has 0 heterocycles. The van der Waals surface area contributed by atoms with Gasteiger partial charge in [-0.2, -0.15) is 0 Å². The summed E-state index contributed by atoms with van der Waals surface area (Å²) in [7, 11) is 0. The summed E-state index contributed by atoms with van der Waals surface area (Å²) in [4.78, 5) is 24.0. The molecule has 0 saturated carbocycles. The Morgan fingerprint density at radius 2 is 1.58 bits per heavy atom. The fraction of sp³-hybridized carbons (Fsp3) is 0.176. The summed E-state index contributed by atoms with van der Waals surface area (Å²) in [5.41, 5.74) is -0.931. The predicted molar refractivity (Wildman–Crippen MR) is 98.5 cm³/mol. The topological polar surface area (TPSA) is 69.2 Å².